The number of para-hydroxylation sites is 2. The zero-order valence-corrected chi connectivity index (χ0v) is 24.5. The molecule has 3 nitrogen and oxygen atoms in total. The van der Waals surface area contributed by atoms with Gasteiger partial charge in [-0.05, 0) is 47.5 Å². The highest BCUT2D eigenvalue weighted by Gasteiger charge is 2.19. The maximum absolute atomic E-state index is 5.31. The van der Waals surface area contributed by atoms with Crippen LogP contribution in [-0.4, -0.2) is 14.5 Å². The molecule has 6 aromatic carbocycles. The third-order valence-corrected chi connectivity index (χ3v) is 9.51. The maximum Gasteiger partial charge on any atom is 0.161 e. The Morgan fingerprint density at radius 3 is 1.89 bits per heavy atom. The van der Waals surface area contributed by atoms with Crippen molar-refractivity contribution in [3.05, 3.63) is 152 Å². The topological polar surface area (TPSA) is 30.7 Å². The van der Waals surface area contributed by atoms with Gasteiger partial charge in [-0.25, -0.2) is 9.97 Å². The van der Waals surface area contributed by atoms with Crippen molar-refractivity contribution in [3.8, 4) is 39.5 Å². The third-order valence-electron chi connectivity index (χ3n) is 8.45. The van der Waals surface area contributed by atoms with Crippen molar-refractivity contribution >= 4 is 53.4 Å². The quantitative estimate of drug-likeness (QED) is 0.208. The Balaban J connectivity index is 1.28. The highest BCUT2D eigenvalue weighted by atomic mass is 32.1. The summed E-state index contributed by atoms with van der Waals surface area (Å²) < 4.78 is 3.57. The second-order valence-corrected chi connectivity index (χ2v) is 12.1. The minimum atomic E-state index is 0.741. The van der Waals surface area contributed by atoms with Crippen molar-refractivity contribution in [1.29, 1.82) is 0 Å². The molecule has 9 aromatic rings. The van der Waals surface area contributed by atoms with Crippen molar-refractivity contribution in [3.63, 3.8) is 0 Å². The first kappa shape index (κ1) is 25.0. The van der Waals surface area contributed by atoms with Gasteiger partial charge >= 0.3 is 0 Å². The molecular weight excluding hydrogens is 555 g/mol. The molecule has 4 heteroatoms. The van der Waals surface area contributed by atoms with Gasteiger partial charge in [0.25, 0.3) is 0 Å². The molecular formula is C40H25N3S. The van der Waals surface area contributed by atoms with Crippen LogP contribution in [0.15, 0.2) is 152 Å². The van der Waals surface area contributed by atoms with E-state index in [1.165, 1.54) is 43.0 Å². The molecule has 0 fully saturated rings. The fourth-order valence-electron chi connectivity index (χ4n) is 6.38. The van der Waals surface area contributed by atoms with E-state index in [-0.39, 0.29) is 0 Å². The van der Waals surface area contributed by atoms with Gasteiger partial charge in [0.2, 0.25) is 0 Å². The van der Waals surface area contributed by atoms with E-state index in [4.69, 9.17) is 9.97 Å². The summed E-state index contributed by atoms with van der Waals surface area (Å²) in [5, 5.41) is 4.74. The van der Waals surface area contributed by atoms with E-state index in [0.29, 0.717) is 0 Å². The SMILES string of the molecule is c1ccc(-c2ccc(-c3nc(-c4ccc5c(c4)c4ccccc4n5-c4ccccc4)c4c(n3)sc3ccccc34)cc2)cc1. The molecule has 0 bridgehead atoms. The van der Waals surface area contributed by atoms with Gasteiger partial charge in [-0.1, -0.05) is 115 Å². The Morgan fingerprint density at radius 1 is 0.455 bits per heavy atom. The van der Waals surface area contributed by atoms with Gasteiger partial charge in [0.05, 0.1) is 16.7 Å². The number of hydrogen-bond donors (Lipinski definition) is 0. The third kappa shape index (κ3) is 3.96. The molecule has 0 N–H and O–H groups in total. The van der Waals surface area contributed by atoms with Crippen molar-refractivity contribution in [2.45, 2.75) is 0 Å². The summed E-state index contributed by atoms with van der Waals surface area (Å²) in [5.74, 6) is 0.741. The van der Waals surface area contributed by atoms with Gasteiger partial charge in [0, 0.05) is 43.1 Å². The monoisotopic (exact) mass is 579 g/mol. The lowest BCUT2D eigenvalue weighted by Gasteiger charge is -2.10. The zero-order chi connectivity index (χ0) is 29.0. The summed E-state index contributed by atoms with van der Waals surface area (Å²) >= 11 is 1.73. The number of hydrogen-bond acceptors (Lipinski definition) is 3. The largest absolute Gasteiger partial charge is 0.309 e. The van der Waals surface area contributed by atoms with E-state index in [1.54, 1.807) is 11.3 Å². The van der Waals surface area contributed by atoms with E-state index in [9.17, 15) is 0 Å². The van der Waals surface area contributed by atoms with Crippen molar-refractivity contribution < 1.29 is 0 Å². The Bertz CT molecular complexity index is 2470. The Kier molecular flexibility index (Phi) is 5.68. The van der Waals surface area contributed by atoms with E-state index in [0.717, 1.165) is 38.5 Å². The summed E-state index contributed by atoms with van der Waals surface area (Å²) in [4.78, 5) is 11.4. The van der Waals surface area contributed by atoms with Crippen molar-refractivity contribution in [2.24, 2.45) is 0 Å². The van der Waals surface area contributed by atoms with Crippen LogP contribution >= 0.6 is 11.3 Å². The molecule has 206 valence electrons. The van der Waals surface area contributed by atoms with E-state index in [2.05, 4.69) is 150 Å². The van der Waals surface area contributed by atoms with Gasteiger partial charge in [-0.2, -0.15) is 0 Å². The molecule has 0 spiro atoms. The number of nitrogens with zero attached hydrogens (tertiary/aromatic N) is 3. The highest BCUT2D eigenvalue weighted by Crippen LogP contribution is 2.41. The van der Waals surface area contributed by atoms with Gasteiger partial charge in [0.1, 0.15) is 4.83 Å². The lowest BCUT2D eigenvalue weighted by atomic mass is 10.0. The van der Waals surface area contributed by atoms with Gasteiger partial charge < -0.3 is 4.57 Å². The number of fused-ring (bicyclic) bond motifs is 6. The summed E-state index contributed by atoms with van der Waals surface area (Å²) in [6, 6.07) is 53.6. The first-order chi connectivity index (χ1) is 21.8. The van der Waals surface area contributed by atoms with Crippen LogP contribution in [-0.2, 0) is 0 Å². The van der Waals surface area contributed by atoms with Crippen LogP contribution in [0.2, 0.25) is 0 Å². The second kappa shape index (κ2) is 10.0. The predicted octanol–water partition coefficient (Wildman–Crippen LogP) is 10.9. The van der Waals surface area contributed by atoms with Gasteiger partial charge in [0.15, 0.2) is 5.82 Å². The smallest absolute Gasteiger partial charge is 0.161 e. The molecule has 0 atom stereocenters. The number of benzene rings is 6. The molecule has 0 radical (unpaired) electrons. The standard InChI is InChI=1S/C40H25N3S/c1-3-11-26(12-4-1)27-19-21-28(22-20-27)39-41-38(37-32-16-8-10-18-36(32)44-40(37)42-39)29-23-24-35-33(25-29)31-15-7-9-17-34(31)43(35)30-13-5-2-6-14-30/h1-25H. The summed E-state index contributed by atoms with van der Waals surface area (Å²) in [6.07, 6.45) is 0. The minimum Gasteiger partial charge on any atom is -0.309 e. The van der Waals surface area contributed by atoms with E-state index in [1.807, 2.05) is 6.07 Å². The molecule has 0 aliphatic carbocycles. The van der Waals surface area contributed by atoms with Crippen LogP contribution in [0.5, 0.6) is 0 Å². The van der Waals surface area contributed by atoms with E-state index >= 15 is 0 Å². The lowest BCUT2D eigenvalue weighted by molar-refractivity contribution is 1.18. The first-order valence-electron chi connectivity index (χ1n) is 14.8. The van der Waals surface area contributed by atoms with Crippen molar-refractivity contribution in [1.82, 2.24) is 14.5 Å². The molecule has 0 saturated heterocycles. The fourth-order valence-corrected chi connectivity index (χ4v) is 7.45. The zero-order valence-electron chi connectivity index (χ0n) is 23.7. The number of thiophene rings is 1. The van der Waals surface area contributed by atoms with Crippen molar-refractivity contribution in [2.75, 3.05) is 0 Å². The molecule has 3 heterocycles. The number of aromatic nitrogens is 3. The normalized spacial score (nSPS) is 11.6. The molecule has 3 aromatic heterocycles. The van der Waals surface area contributed by atoms with Gasteiger partial charge in [-0.3, -0.25) is 0 Å². The average Bonchev–Trinajstić information content (AvgIpc) is 3.64. The van der Waals surface area contributed by atoms with Crippen LogP contribution in [0, 0.1) is 0 Å². The van der Waals surface area contributed by atoms with Crippen LogP contribution in [0.3, 0.4) is 0 Å². The summed E-state index contributed by atoms with van der Waals surface area (Å²) in [7, 11) is 0. The van der Waals surface area contributed by atoms with Crippen LogP contribution in [0.1, 0.15) is 0 Å². The molecule has 0 amide bonds. The molecule has 0 unspecified atom stereocenters. The molecule has 0 aliphatic heterocycles. The Hall–Kier alpha value is -5.58. The van der Waals surface area contributed by atoms with E-state index < -0.39 is 0 Å². The minimum absolute atomic E-state index is 0.741. The summed E-state index contributed by atoms with van der Waals surface area (Å²) in [6.45, 7) is 0. The second-order valence-electron chi connectivity index (χ2n) is 11.0. The number of rotatable bonds is 4. The molecule has 9 rings (SSSR count). The predicted molar refractivity (Wildman–Crippen MR) is 186 cm³/mol. The highest BCUT2D eigenvalue weighted by molar-refractivity contribution is 7.25. The Morgan fingerprint density at radius 2 is 1.07 bits per heavy atom. The molecule has 0 saturated carbocycles. The molecule has 44 heavy (non-hydrogen) atoms. The van der Waals surface area contributed by atoms with Crippen LogP contribution in [0.25, 0.3) is 81.6 Å². The average molecular weight is 580 g/mol. The van der Waals surface area contributed by atoms with Crippen LogP contribution in [0.4, 0.5) is 0 Å². The fraction of sp³-hybridized carbons (Fsp3) is 0. The lowest BCUT2D eigenvalue weighted by Crippen LogP contribution is -1.95. The first-order valence-corrected chi connectivity index (χ1v) is 15.6. The van der Waals surface area contributed by atoms with Gasteiger partial charge in [-0.15, -0.1) is 11.3 Å². The Labute approximate surface area is 258 Å². The summed E-state index contributed by atoms with van der Waals surface area (Å²) in [5.41, 5.74) is 8.96. The maximum atomic E-state index is 5.31. The van der Waals surface area contributed by atoms with Crippen LogP contribution < -0.4 is 0 Å². The molecule has 0 aliphatic rings.